The molecule has 0 aliphatic heterocycles. The quantitative estimate of drug-likeness (QED) is 0.269. The molecule has 0 unspecified atom stereocenters. The molecule has 0 fully saturated rings. The molecule has 0 amide bonds. The first-order valence-electron chi connectivity index (χ1n) is 1.46. The van der Waals surface area contributed by atoms with Gasteiger partial charge in [-0.15, -0.1) is 0 Å². The van der Waals surface area contributed by atoms with Crippen molar-refractivity contribution in [3.8, 4) is 0 Å². The average molecular weight is 430 g/mol. The maximum Gasteiger partial charge on any atom is 2.00 e. The van der Waals surface area contributed by atoms with Crippen molar-refractivity contribution in [2.75, 3.05) is 0 Å². The fourth-order valence-electron chi connectivity index (χ4n) is 0. The number of hydrogen-bond donors (Lipinski definition) is 0. The summed E-state index contributed by atoms with van der Waals surface area (Å²) in [5.74, 6) is 0. The van der Waals surface area contributed by atoms with E-state index in [1.807, 2.05) is 0 Å². The molecule has 0 rings (SSSR count). The Labute approximate surface area is 272 Å². The van der Waals surface area contributed by atoms with Gasteiger partial charge in [0.25, 0.3) is 0 Å². The molecule has 0 aliphatic rings. The van der Waals surface area contributed by atoms with E-state index in [9.17, 15) is 0 Å². The first-order valence-corrected chi connectivity index (χ1v) is 4.38. The van der Waals surface area contributed by atoms with E-state index >= 15 is 0 Å². The summed E-state index contributed by atoms with van der Waals surface area (Å²) in [6.45, 7) is 0. The fourth-order valence-corrected chi connectivity index (χ4v) is 0. The van der Waals surface area contributed by atoms with E-state index in [-0.39, 0.29) is 226 Å². The summed E-state index contributed by atoms with van der Waals surface area (Å²) in [5, 5.41) is 0. The van der Waals surface area contributed by atoms with Crippen LogP contribution in [0.2, 0.25) is 0 Å². The third-order valence-electron chi connectivity index (χ3n) is 0. The molecule has 0 bridgehead atoms. The van der Waals surface area contributed by atoms with E-state index in [1.165, 1.54) is 0 Å². The number of phosphoric acid groups is 2. The number of hydrogen-bond acceptors (Lipinski definition) is 8. The van der Waals surface area contributed by atoms with Gasteiger partial charge >= 0.3 is 226 Å². The number of rotatable bonds is 0. The monoisotopic (exact) mass is 430 g/mol. The van der Waals surface area contributed by atoms with E-state index in [0.29, 0.717) is 0 Å². The molecule has 0 aliphatic carbocycles. The van der Waals surface area contributed by atoms with E-state index in [1.54, 1.807) is 0 Å². The first-order chi connectivity index (χ1) is 4.00. The van der Waals surface area contributed by atoms with Gasteiger partial charge in [-0.1, -0.05) is 0 Å². The second kappa shape index (κ2) is 27.6. The Bertz CT molecular complexity index is 135. The molecule has 0 radical (unpaired) electrons. The Morgan fingerprint density at radius 1 is 0.438 bits per heavy atom. The van der Waals surface area contributed by atoms with E-state index in [0.717, 1.165) is 0 Å². The van der Waals surface area contributed by atoms with E-state index in [2.05, 4.69) is 0 Å². The van der Waals surface area contributed by atoms with Crippen LogP contribution in [-0.4, -0.2) is 226 Å². The topological polar surface area (TPSA) is 172 Å². The predicted molar refractivity (Wildman–Crippen MR) is 49.7 cm³/mol. The second-order valence-electron chi connectivity index (χ2n) is 0.894. The third kappa shape index (κ3) is 155. The van der Waals surface area contributed by atoms with Crippen LogP contribution in [0.5, 0.6) is 0 Å². The van der Waals surface area contributed by atoms with Crippen LogP contribution in [0.3, 0.4) is 0 Å². The Balaban J connectivity index is -0.00000000970. The van der Waals surface area contributed by atoms with Gasteiger partial charge in [-0.2, -0.15) is 15.6 Å². The maximum atomic E-state index is 8.55. The van der Waals surface area contributed by atoms with Gasteiger partial charge < -0.3 is 38.5 Å². The molecular formula is Ca6O8P2+6. The van der Waals surface area contributed by atoms with Crippen molar-refractivity contribution in [2.45, 2.75) is 0 Å². The Morgan fingerprint density at radius 2 is 0.438 bits per heavy atom. The minimum atomic E-state index is -5.39. The van der Waals surface area contributed by atoms with Gasteiger partial charge in [0.05, 0.1) is 0 Å². The summed E-state index contributed by atoms with van der Waals surface area (Å²) >= 11 is 0. The van der Waals surface area contributed by atoms with Crippen LogP contribution in [0.1, 0.15) is 0 Å². The molecule has 8 nitrogen and oxygen atoms in total. The van der Waals surface area contributed by atoms with Gasteiger partial charge in [0.15, 0.2) is 0 Å². The van der Waals surface area contributed by atoms with Gasteiger partial charge in [-0.05, 0) is 0 Å². The molecule has 0 spiro atoms. The summed E-state index contributed by atoms with van der Waals surface area (Å²) in [6.07, 6.45) is 0. The van der Waals surface area contributed by atoms with Crippen LogP contribution in [0, 0.1) is 0 Å². The standard InChI is InChI=1S/6Ca.2H3O4P/c;;;;;;2*1-5(2,3)4/h;;;;;;2*(H3,1,2,3,4)/q6*+2;;/p-6. The SMILES string of the molecule is O=P([O-])([O-])[O-].O=P([O-])([O-])[O-].[Ca+2].[Ca+2].[Ca+2].[Ca+2].[Ca+2].[Ca+2]. The van der Waals surface area contributed by atoms with Crippen molar-refractivity contribution < 1.29 is 38.5 Å². The van der Waals surface area contributed by atoms with E-state index < -0.39 is 15.6 Å². The molecule has 0 aromatic carbocycles. The molecule has 16 heavy (non-hydrogen) atoms. The summed E-state index contributed by atoms with van der Waals surface area (Å²) < 4.78 is 17.1. The third-order valence-corrected chi connectivity index (χ3v) is 0. The molecule has 16 heteroatoms. The molecule has 0 saturated carbocycles. The zero-order chi connectivity index (χ0) is 9.00. The van der Waals surface area contributed by atoms with Gasteiger partial charge in [-0.3, -0.25) is 0 Å². The zero-order valence-electron chi connectivity index (χ0n) is 8.40. The Hall–Kier alpha value is 7.78. The van der Waals surface area contributed by atoms with Crippen LogP contribution in [0.4, 0.5) is 0 Å². The summed E-state index contributed by atoms with van der Waals surface area (Å²) in [6, 6.07) is 0. The predicted octanol–water partition coefficient (Wildman–Crippen LogP) is -7.93. The van der Waals surface area contributed by atoms with Crippen LogP contribution in [0.25, 0.3) is 0 Å². The van der Waals surface area contributed by atoms with Crippen molar-refractivity contribution in [3.63, 3.8) is 0 Å². The first kappa shape index (κ1) is 49.6. The van der Waals surface area contributed by atoms with Gasteiger partial charge in [0.1, 0.15) is 0 Å². The van der Waals surface area contributed by atoms with Crippen LogP contribution in [0.15, 0.2) is 0 Å². The van der Waals surface area contributed by atoms with Gasteiger partial charge in [0, 0.05) is 0 Å². The molecule has 0 aromatic heterocycles. The maximum absolute atomic E-state index is 8.55. The smallest absolute Gasteiger partial charge is 0.822 e. The molecular weight excluding hydrogens is 430 g/mol. The Kier molecular flexibility index (Phi) is 85.5. The fraction of sp³-hybridized carbons (Fsp3) is 0. The summed E-state index contributed by atoms with van der Waals surface area (Å²) in [5.41, 5.74) is 0. The normalized spacial score (nSPS) is 7.38. The molecule has 0 saturated heterocycles. The minimum absolute atomic E-state index is 0. The van der Waals surface area contributed by atoms with Crippen LogP contribution in [-0.2, 0) is 9.13 Å². The molecule has 0 heterocycles. The van der Waals surface area contributed by atoms with Crippen molar-refractivity contribution in [3.05, 3.63) is 0 Å². The molecule has 64 valence electrons. The second-order valence-corrected chi connectivity index (χ2v) is 2.68. The molecule has 0 aromatic rings. The van der Waals surface area contributed by atoms with Gasteiger partial charge in [-0.25, -0.2) is 0 Å². The van der Waals surface area contributed by atoms with Crippen molar-refractivity contribution in [2.24, 2.45) is 0 Å². The molecule has 0 atom stereocenters. The van der Waals surface area contributed by atoms with E-state index in [4.69, 9.17) is 38.5 Å². The average Bonchev–Trinajstić information content (AvgIpc) is 1.12. The van der Waals surface area contributed by atoms with Crippen LogP contribution >= 0.6 is 15.6 Å². The van der Waals surface area contributed by atoms with Crippen LogP contribution < -0.4 is 29.4 Å². The Morgan fingerprint density at radius 3 is 0.438 bits per heavy atom. The van der Waals surface area contributed by atoms with Crippen molar-refractivity contribution in [1.82, 2.24) is 0 Å². The minimum Gasteiger partial charge on any atom is -0.822 e. The summed E-state index contributed by atoms with van der Waals surface area (Å²) in [4.78, 5) is 51.3. The van der Waals surface area contributed by atoms with Crippen molar-refractivity contribution >= 4 is 242 Å². The molecule has 0 N–H and O–H groups in total. The van der Waals surface area contributed by atoms with Crippen molar-refractivity contribution in [1.29, 1.82) is 0 Å². The largest absolute Gasteiger partial charge is 2.00 e. The zero-order valence-corrected chi connectivity index (χ0v) is 23.4. The van der Waals surface area contributed by atoms with Gasteiger partial charge in [0.2, 0.25) is 0 Å². The summed E-state index contributed by atoms with van der Waals surface area (Å²) in [7, 11) is -10.8.